The van der Waals surface area contributed by atoms with Crippen LogP contribution in [0.4, 0.5) is 0 Å². The second-order valence-electron chi connectivity index (χ2n) is 4.50. The Bertz CT molecular complexity index is 677. The van der Waals surface area contributed by atoms with Gasteiger partial charge in [0, 0.05) is 6.54 Å². The van der Waals surface area contributed by atoms with Crippen molar-refractivity contribution in [1.29, 1.82) is 0 Å². The van der Waals surface area contributed by atoms with Crippen molar-refractivity contribution in [1.82, 2.24) is 10.7 Å². The number of carbonyl (C=O) groups is 3. The topological polar surface area (TPSA) is 126 Å². The van der Waals surface area contributed by atoms with Gasteiger partial charge in [0.2, 0.25) is 0 Å². The molecule has 3 N–H and O–H groups in total. The fourth-order valence-electron chi connectivity index (χ4n) is 1.66. The van der Waals surface area contributed by atoms with Gasteiger partial charge in [0.1, 0.15) is 0 Å². The average molecular weight is 372 g/mol. The minimum Gasteiger partial charge on any atom is -0.490 e. The number of benzene rings is 1. The van der Waals surface area contributed by atoms with Crippen LogP contribution < -0.4 is 20.2 Å². The third-order valence-electron chi connectivity index (χ3n) is 2.59. The van der Waals surface area contributed by atoms with E-state index in [0.717, 1.165) is 0 Å². The number of likely N-dealkylation sites (N-methyl/N-ethyl adjacent to an activating group) is 1. The van der Waals surface area contributed by atoms with Gasteiger partial charge >= 0.3 is 17.8 Å². The molecule has 0 saturated carbocycles. The van der Waals surface area contributed by atoms with E-state index in [2.05, 4.69) is 15.8 Å². The van der Waals surface area contributed by atoms with E-state index in [1.165, 1.54) is 18.3 Å². The number of carboxylic acids is 1. The number of nitrogens with zero attached hydrogens (tertiary/aromatic N) is 1. The Labute approximate surface area is 148 Å². The highest BCUT2D eigenvalue weighted by Gasteiger charge is 2.14. The zero-order valence-electron chi connectivity index (χ0n) is 13.7. The number of carboxylic acid groups (broad SMARTS) is 1. The minimum atomic E-state index is -1.16. The molecule has 0 aliphatic carbocycles. The lowest BCUT2D eigenvalue weighted by Crippen LogP contribution is -2.37. The summed E-state index contributed by atoms with van der Waals surface area (Å²) in [4.78, 5) is 33.3. The Kier molecular flexibility index (Phi) is 8.21. The standard InChI is InChI=1S/C15H18ClN3O6/c1-3-17-14(22)15(23)19-18-7-9-5-10(16)13(25-8-12(20)21)11(6-9)24-4-2/h5-7H,3-4,8H2,1-2H3,(H,17,22)(H,19,23)(H,20,21)/b18-7-. The van der Waals surface area contributed by atoms with Crippen molar-refractivity contribution < 1.29 is 29.0 Å². The predicted molar refractivity (Wildman–Crippen MR) is 90.2 cm³/mol. The van der Waals surface area contributed by atoms with Crippen LogP contribution in [0.15, 0.2) is 17.2 Å². The van der Waals surface area contributed by atoms with E-state index in [1.807, 2.05) is 0 Å². The number of rotatable bonds is 8. The molecule has 1 rings (SSSR count). The van der Waals surface area contributed by atoms with E-state index >= 15 is 0 Å². The summed E-state index contributed by atoms with van der Waals surface area (Å²) in [7, 11) is 0. The van der Waals surface area contributed by atoms with Gasteiger partial charge in [-0.3, -0.25) is 9.59 Å². The quantitative estimate of drug-likeness (QED) is 0.352. The Hall–Kier alpha value is -2.81. The van der Waals surface area contributed by atoms with Gasteiger partial charge < -0.3 is 19.9 Å². The number of carbonyl (C=O) groups excluding carboxylic acids is 2. The van der Waals surface area contributed by atoms with E-state index in [9.17, 15) is 14.4 Å². The number of halogens is 1. The molecule has 136 valence electrons. The van der Waals surface area contributed by atoms with Crippen LogP contribution in [-0.4, -0.2) is 48.9 Å². The molecule has 0 aliphatic rings. The minimum absolute atomic E-state index is 0.0921. The summed E-state index contributed by atoms with van der Waals surface area (Å²) in [6, 6.07) is 2.96. The maximum absolute atomic E-state index is 11.4. The summed E-state index contributed by atoms with van der Waals surface area (Å²) in [6.45, 7) is 3.47. The number of amides is 2. The van der Waals surface area contributed by atoms with Crippen molar-refractivity contribution in [2.24, 2.45) is 5.10 Å². The van der Waals surface area contributed by atoms with Crippen LogP contribution in [0.2, 0.25) is 5.02 Å². The smallest absolute Gasteiger partial charge is 0.341 e. The fourth-order valence-corrected chi connectivity index (χ4v) is 1.93. The van der Waals surface area contributed by atoms with Gasteiger partial charge in [-0.1, -0.05) is 11.6 Å². The highest BCUT2D eigenvalue weighted by atomic mass is 35.5. The Morgan fingerprint density at radius 1 is 1.24 bits per heavy atom. The molecule has 9 nitrogen and oxygen atoms in total. The van der Waals surface area contributed by atoms with Gasteiger partial charge in [0.05, 0.1) is 17.8 Å². The van der Waals surface area contributed by atoms with Crippen LogP contribution in [0.5, 0.6) is 11.5 Å². The summed E-state index contributed by atoms with van der Waals surface area (Å²) in [6.07, 6.45) is 1.26. The molecule has 0 radical (unpaired) electrons. The van der Waals surface area contributed by atoms with E-state index in [4.69, 9.17) is 26.2 Å². The Balaban J connectivity index is 2.90. The van der Waals surface area contributed by atoms with Crippen LogP contribution in [0.3, 0.4) is 0 Å². The molecule has 0 aromatic heterocycles. The van der Waals surface area contributed by atoms with Crippen molar-refractivity contribution in [3.8, 4) is 11.5 Å². The molecule has 0 saturated heterocycles. The highest BCUT2D eigenvalue weighted by Crippen LogP contribution is 2.36. The third kappa shape index (κ3) is 6.68. The van der Waals surface area contributed by atoms with Gasteiger partial charge in [-0.15, -0.1) is 0 Å². The van der Waals surface area contributed by atoms with Crippen LogP contribution >= 0.6 is 11.6 Å². The lowest BCUT2D eigenvalue weighted by molar-refractivity contribution is -0.139. The number of aliphatic carboxylic acids is 1. The molecule has 10 heteroatoms. The first-order valence-corrected chi connectivity index (χ1v) is 7.69. The van der Waals surface area contributed by atoms with Gasteiger partial charge in [-0.05, 0) is 31.5 Å². The van der Waals surface area contributed by atoms with Crippen molar-refractivity contribution in [3.05, 3.63) is 22.7 Å². The summed E-state index contributed by atoms with van der Waals surface area (Å²) in [5, 5.41) is 14.8. The molecular weight excluding hydrogens is 354 g/mol. The third-order valence-corrected chi connectivity index (χ3v) is 2.88. The molecule has 1 aromatic rings. The largest absolute Gasteiger partial charge is 0.490 e. The predicted octanol–water partition coefficient (Wildman–Crippen LogP) is 0.788. The SMILES string of the molecule is CCNC(=O)C(=O)N/N=C\c1cc(Cl)c(OCC(=O)O)c(OCC)c1. The summed E-state index contributed by atoms with van der Waals surface area (Å²) in [5.74, 6) is -2.54. The second-order valence-corrected chi connectivity index (χ2v) is 4.91. The number of ether oxygens (including phenoxy) is 2. The van der Waals surface area contributed by atoms with E-state index in [-0.39, 0.29) is 16.5 Å². The Morgan fingerprint density at radius 2 is 1.96 bits per heavy atom. The molecule has 0 aliphatic heterocycles. The molecular formula is C15H18ClN3O6. The summed E-state index contributed by atoms with van der Waals surface area (Å²) >= 11 is 6.08. The highest BCUT2D eigenvalue weighted by molar-refractivity contribution is 6.35. The molecule has 2 amide bonds. The molecule has 0 unspecified atom stereocenters. The van der Waals surface area contributed by atoms with Crippen LogP contribution in [0.1, 0.15) is 19.4 Å². The van der Waals surface area contributed by atoms with Crippen LogP contribution in [0, 0.1) is 0 Å². The Morgan fingerprint density at radius 3 is 2.56 bits per heavy atom. The van der Waals surface area contributed by atoms with E-state index in [0.29, 0.717) is 18.7 Å². The van der Waals surface area contributed by atoms with Crippen molar-refractivity contribution in [3.63, 3.8) is 0 Å². The number of hydrazone groups is 1. The lowest BCUT2D eigenvalue weighted by atomic mass is 10.2. The average Bonchev–Trinajstić information content (AvgIpc) is 2.54. The molecule has 0 spiro atoms. The summed E-state index contributed by atoms with van der Waals surface area (Å²) in [5.41, 5.74) is 2.52. The first-order chi connectivity index (χ1) is 11.9. The van der Waals surface area contributed by atoms with Gasteiger partial charge in [-0.2, -0.15) is 5.10 Å². The number of hydrogen-bond acceptors (Lipinski definition) is 6. The number of nitrogens with one attached hydrogen (secondary N) is 2. The maximum Gasteiger partial charge on any atom is 0.341 e. The lowest BCUT2D eigenvalue weighted by Gasteiger charge is -2.13. The monoisotopic (exact) mass is 371 g/mol. The van der Waals surface area contributed by atoms with Crippen LogP contribution in [0.25, 0.3) is 0 Å². The second kappa shape index (κ2) is 10.1. The van der Waals surface area contributed by atoms with Crippen molar-refractivity contribution in [2.45, 2.75) is 13.8 Å². The first kappa shape index (κ1) is 20.2. The first-order valence-electron chi connectivity index (χ1n) is 7.31. The van der Waals surface area contributed by atoms with E-state index < -0.39 is 24.4 Å². The molecule has 25 heavy (non-hydrogen) atoms. The number of hydrogen-bond donors (Lipinski definition) is 3. The van der Waals surface area contributed by atoms with Crippen molar-refractivity contribution >= 4 is 35.6 Å². The molecule has 1 aromatic carbocycles. The van der Waals surface area contributed by atoms with E-state index in [1.54, 1.807) is 13.8 Å². The van der Waals surface area contributed by atoms with Crippen molar-refractivity contribution in [2.75, 3.05) is 19.8 Å². The maximum atomic E-state index is 11.4. The zero-order chi connectivity index (χ0) is 18.8. The van der Waals surface area contributed by atoms with Crippen LogP contribution in [-0.2, 0) is 14.4 Å². The zero-order valence-corrected chi connectivity index (χ0v) is 14.4. The molecule has 0 bridgehead atoms. The molecule has 0 atom stereocenters. The molecule has 0 fully saturated rings. The molecule has 0 heterocycles. The fraction of sp³-hybridized carbons (Fsp3) is 0.333. The van der Waals surface area contributed by atoms with Gasteiger partial charge in [-0.25, -0.2) is 10.2 Å². The normalized spacial score (nSPS) is 10.4. The van der Waals surface area contributed by atoms with Gasteiger partial charge in [0.25, 0.3) is 0 Å². The van der Waals surface area contributed by atoms with Gasteiger partial charge in [0.15, 0.2) is 18.1 Å². The summed E-state index contributed by atoms with van der Waals surface area (Å²) < 4.78 is 10.5.